The molecule has 0 saturated heterocycles. The molecule has 0 amide bonds. The van der Waals surface area contributed by atoms with Crippen molar-refractivity contribution in [2.45, 2.75) is 6.92 Å². The third kappa shape index (κ3) is 1.82. The highest BCUT2D eigenvalue weighted by Crippen LogP contribution is 2.39. The first kappa shape index (κ1) is 11.9. The van der Waals surface area contributed by atoms with Crippen LogP contribution in [0.3, 0.4) is 0 Å². The number of benzene rings is 1. The lowest BCUT2D eigenvalue weighted by atomic mass is 10.2. The smallest absolute Gasteiger partial charge is 0.234 e. The molecule has 0 bridgehead atoms. The standard InChI is InChI=1S/C12H12N4O2S/c1-7-13-14-12-16(7)15-11(19-12)8-5-4-6-9(17-2)10(8)18-3/h4-6H,1-3H3. The monoisotopic (exact) mass is 276 g/mol. The van der Waals surface area contributed by atoms with Gasteiger partial charge in [0.15, 0.2) is 22.3 Å². The van der Waals surface area contributed by atoms with Gasteiger partial charge >= 0.3 is 0 Å². The highest BCUT2D eigenvalue weighted by molar-refractivity contribution is 7.19. The van der Waals surface area contributed by atoms with Gasteiger partial charge in [0, 0.05) is 0 Å². The molecule has 1 aromatic carbocycles. The Morgan fingerprint density at radius 2 is 2.00 bits per heavy atom. The van der Waals surface area contributed by atoms with Crippen molar-refractivity contribution in [3.05, 3.63) is 24.0 Å². The second-order valence-corrected chi connectivity index (χ2v) is 4.85. The van der Waals surface area contributed by atoms with E-state index in [1.807, 2.05) is 25.1 Å². The van der Waals surface area contributed by atoms with Crippen LogP contribution in [0.5, 0.6) is 11.5 Å². The zero-order valence-electron chi connectivity index (χ0n) is 10.7. The fourth-order valence-corrected chi connectivity index (χ4v) is 2.79. The van der Waals surface area contributed by atoms with E-state index in [9.17, 15) is 0 Å². The van der Waals surface area contributed by atoms with Crippen LogP contribution < -0.4 is 9.47 Å². The third-order valence-electron chi connectivity index (χ3n) is 2.78. The second-order valence-electron chi connectivity index (χ2n) is 3.89. The Morgan fingerprint density at radius 3 is 2.68 bits per heavy atom. The van der Waals surface area contributed by atoms with Crippen molar-refractivity contribution in [3.63, 3.8) is 0 Å². The summed E-state index contributed by atoms with van der Waals surface area (Å²) in [7, 11) is 3.23. The summed E-state index contributed by atoms with van der Waals surface area (Å²) in [5.74, 6) is 2.12. The summed E-state index contributed by atoms with van der Waals surface area (Å²) < 4.78 is 12.4. The minimum absolute atomic E-state index is 0.674. The average molecular weight is 276 g/mol. The maximum Gasteiger partial charge on any atom is 0.234 e. The molecule has 0 fully saturated rings. The summed E-state index contributed by atoms with van der Waals surface area (Å²) in [6.45, 7) is 1.87. The highest BCUT2D eigenvalue weighted by atomic mass is 32.1. The lowest BCUT2D eigenvalue weighted by Gasteiger charge is -2.10. The van der Waals surface area contributed by atoms with Crippen LogP contribution in [0, 0.1) is 6.92 Å². The summed E-state index contributed by atoms with van der Waals surface area (Å²) >= 11 is 1.46. The normalized spacial score (nSPS) is 10.9. The molecule has 7 heteroatoms. The molecular formula is C12H12N4O2S. The van der Waals surface area contributed by atoms with Gasteiger partial charge in [-0.1, -0.05) is 17.4 Å². The molecule has 0 saturated carbocycles. The fourth-order valence-electron chi connectivity index (χ4n) is 1.88. The summed E-state index contributed by atoms with van der Waals surface area (Å²) in [5, 5.41) is 13.4. The number of fused-ring (bicyclic) bond motifs is 1. The first-order chi connectivity index (χ1) is 9.24. The third-order valence-corrected chi connectivity index (χ3v) is 3.71. The number of aromatic nitrogens is 4. The highest BCUT2D eigenvalue weighted by Gasteiger charge is 2.16. The molecule has 0 atom stereocenters. The molecular weight excluding hydrogens is 264 g/mol. The van der Waals surface area contributed by atoms with Crippen molar-refractivity contribution in [2.24, 2.45) is 0 Å². The number of methoxy groups -OCH3 is 2. The first-order valence-corrected chi connectivity index (χ1v) is 6.46. The van der Waals surface area contributed by atoms with Gasteiger partial charge in [0.05, 0.1) is 19.8 Å². The predicted molar refractivity (Wildman–Crippen MR) is 71.9 cm³/mol. The van der Waals surface area contributed by atoms with E-state index in [0.717, 1.165) is 21.4 Å². The summed E-state index contributed by atoms with van der Waals surface area (Å²) in [4.78, 5) is 0.761. The molecule has 0 N–H and O–H groups in total. The molecule has 19 heavy (non-hydrogen) atoms. The van der Waals surface area contributed by atoms with E-state index < -0.39 is 0 Å². The lowest BCUT2D eigenvalue weighted by molar-refractivity contribution is 0.356. The Hall–Kier alpha value is -2.15. The van der Waals surface area contributed by atoms with Gasteiger partial charge in [0.25, 0.3) is 0 Å². The van der Waals surface area contributed by atoms with E-state index in [-0.39, 0.29) is 0 Å². The van der Waals surface area contributed by atoms with Crippen LogP contribution in [-0.4, -0.2) is 34.0 Å². The van der Waals surface area contributed by atoms with E-state index in [4.69, 9.17) is 9.47 Å². The van der Waals surface area contributed by atoms with E-state index in [1.165, 1.54) is 11.3 Å². The zero-order valence-corrected chi connectivity index (χ0v) is 11.6. The van der Waals surface area contributed by atoms with E-state index in [0.29, 0.717) is 11.5 Å². The minimum Gasteiger partial charge on any atom is -0.493 e. The van der Waals surface area contributed by atoms with Gasteiger partial charge in [-0.3, -0.25) is 0 Å². The molecule has 6 nitrogen and oxygen atoms in total. The van der Waals surface area contributed by atoms with Crippen molar-refractivity contribution >= 4 is 16.3 Å². The van der Waals surface area contributed by atoms with Crippen LogP contribution in [0.4, 0.5) is 0 Å². The minimum atomic E-state index is 0.674. The molecule has 3 aromatic rings. The zero-order chi connectivity index (χ0) is 13.4. The maximum atomic E-state index is 5.42. The molecule has 0 radical (unpaired) electrons. The summed E-state index contributed by atoms with van der Waals surface area (Å²) in [6.07, 6.45) is 0. The average Bonchev–Trinajstić information content (AvgIpc) is 3.00. The van der Waals surface area contributed by atoms with Crippen LogP contribution in [0.1, 0.15) is 5.82 Å². The Kier molecular flexibility index (Phi) is 2.83. The van der Waals surface area contributed by atoms with Crippen molar-refractivity contribution in [2.75, 3.05) is 14.2 Å². The Morgan fingerprint density at radius 1 is 1.16 bits per heavy atom. The van der Waals surface area contributed by atoms with Gasteiger partial charge in [-0.15, -0.1) is 10.2 Å². The van der Waals surface area contributed by atoms with Crippen LogP contribution >= 0.6 is 11.3 Å². The first-order valence-electron chi connectivity index (χ1n) is 5.65. The molecule has 0 aliphatic heterocycles. The maximum absolute atomic E-state index is 5.42. The van der Waals surface area contributed by atoms with Gasteiger partial charge in [0.1, 0.15) is 0 Å². The quantitative estimate of drug-likeness (QED) is 0.733. The Balaban J connectivity index is 2.20. The second kappa shape index (κ2) is 4.51. The summed E-state index contributed by atoms with van der Waals surface area (Å²) in [6, 6.07) is 5.71. The SMILES string of the molecule is COc1cccc(-c2nn3c(C)nnc3s2)c1OC. The van der Waals surface area contributed by atoms with Crippen LogP contribution in [0.25, 0.3) is 15.5 Å². The van der Waals surface area contributed by atoms with E-state index in [1.54, 1.807) is 18.7 Å². The van der Waals surface area contributed by atoms with E-state index >= 15 is 0 Å². The van der Waals surface area contributed by atoms with Crippen LogP contribution in [0.15, 0.2) is 18.2 Å². The fraction of sp³-hybridized carbons (Fsp3) is 0.250. The number of rotatable bonds is 3. The lowest BCUT2D eigenvalue weighted by Crippen LogP contribution is -1.94. The molecule has 0 aliphatic rings. The van der Waals surface area contributed by atoms with Gasteiger partial charge in [-0.2, -0.15) is 9.61 Å². The molecule has 3 rings (SSSR count). The van der Waals surface area contributed by atoms with Crippen LogP contribution in [-0.2, 0) is 0 Å². The number of para-hydroxylation sites is 1. The molecule has 0 unspecified atom stereocenters. The van der Waals surface area contributed by atoms with Gasteiger partial charge < -0.3 is 9.47 Å². The van der Waals surface area contributed by atoms with Gasteiger partial charge in [-0.05, 0) is 19.1 Å². The predicted octanol–water partition coefficient (Wildman–Crippen LogP) is 2.18. The Bertz CT molecular complexity index is 734. The number of hydrogen-bond acceptors (Lipinski definition) is 6. The largest absolute Gasteiger partial charge is 0.493 e. The molecule has 2 aromatic heterocycles. The number of hydrogen-bond donors (Lipinski definition) is 0. The summed E-state index contributed by atoms with van der Waals surface area (Å²) in [5.41, 5.74) is 0.886. The van der Waals surface area contributed by atoms with Crippen molar-refractivity contribution < 1.29 is 9.47 Å². The van der Waals surface area contributed by atoms with Crippen molar-refractivity contribution in [1.29, 1.82) is 0 Å². The molecule has 98 valence electrons. The van der Waals surface area contributed by atoms with Crippen molar-refractivity contribution in [3.8, 4) is 22.1 Å². The number of nitrogens with zero attached hydrogens (tertiary/aromatic N) is 4. The van der Waals surface area contributed by atoms with Crippen LogP contribution in [0.2, 0.25) is 0 Å². The van der Waals surface area contributed by atoms with Crippen molar-refractivity contribution in [1.82, 2.24) is 19.8 Å². The molecule has 0 aliphatic carbocycles. The number of ether oxygens (including phenoxy) is 2. The number of aryl methyl sites for hydroxylation is 1. The topological polar surface area (TPSA) is 61.5 Å². The van der Waals surface area contributed by atoms with Gasteiger partial charge in [0.2, 0.25) is 4.96 Å². The molecule has 0 spiro atoms. The molecule has 2 heterocycles. The van der Waals surface area contributed by atoms with E-state index in [2.05, 4.69) is 15.3 Å². The Labute approximate surface area is 113 Å². The van der Waals surface area contributed by atoms with Gasteiger partial charge in [-0.25, -0.2) is 0 Å².